The fraction of sp³-hybridized carbons (Fsp3) is 0.375. The van der Waals surface area contributed by atoms with E-state index in [9.17, 15) is 4.79 Å². The number of carbonyl (C=O) groups is 1. The third-order valence-electron chi connectivity index (χ3n) is 4.38. The molecule has 2 unspecified atom stereocenters. The van der Waals surface area contributed by atoms with Crippen molar-refractivity contribution in [2.24, 2.45) is 5.92 Å². The molecule has 0 aliphatic heterocycles. The Bertz CT molecular complexity index is 625. The Kier molecular flexibility index (Phi) is 4.68. The fourth-order valence-electron chi connectivity index (χ4n) is 3.14. The number of benzene rings is 1. The molecule has 0 fully saturated rings. The summed E-state index contributed by atoms with van der Waals surface area (Å²) in [4.78, 5) is 15.2. The van der Waals surface area contributed by atoms with E-state index < -0.39 is 5.97 Å². The number of imidazole rings is 1. The first-order valence-electron chi connectivity index (χ1n) is 6.97. The van der Waals surface area contributed by atoms with Gasteiger partial charge >= 0.3 is 5.97 Å². The van der Waals surface area contributed by atoms with E-state index in [1.807, 2.05) is 24.7 Å². The summed E-state index contributed by atoms with van der Waals surface area (Å²) in [5, 5.41) is 9.13. The molecule has 0 radical (unpaired) electrons. The largest absolute Gasteiger partial charge is 0.478 e. The van der Waals surface area contributed by atoms with Crippen LogP contribution in [-0.2, 0) is 13.0 Å². The van der Waals surface area contributed by atoms with Crippen LogP contribution in [0, 0.1) is 5.92 Å². The molecule has 4 nitrogen and oxygen atoms in total. The Morgan fingerprint density at radius 2 is 2.29 bits per heavy atom. The number of halogens is 1. The molecule has 0 spiro atoms. The van der Waals surface area contributed by atoms with Crippen LogP contribution in [0.4, 0.5) is 0 Å². The molecule has 0 amide bonds. The number of aromatic nitrogens is 2. The van der Waals surface area contributed by atoms with Gasteiger partial charge in [0.2, 0.25) is 0 Å². The van der Waals surface area contributed by atoms with E-state index in [1.165, 1.54) is 11.1 Å². The maximum Gasteiger partial charge on any atom is 0.335 e. The molecular formula is C16H19ClN2O2. The number of carboxylic acids is 1. The Hall–Kier alpha value is -1.81. The number of nitrogens with zero attached hydrogens (tertiary/aromatic N) is 2. The molecule has 1 aromatic heterocycles. The standard InChI is InChI=1S/C16H18N2O2.ClH/c1-11-14(9-18-7-6-17-10-18)5-3-12-2-4-13(16(19)20)8-15(11)12;/h2,4,6-8,10-11,14H,3,5,9H2,1H3,(H,19,20);1H. The smallest absolute Gasteiger partial charge is 0.335 e. The molecule has 0 saturated heterocycles. The highest BCUT2D eigenvalue weighted by Crippen LogP contribution is 2.37. The van der Waals surface area contributed by atoms with Crippen molar-refractivity contribution in [3.63, 3.8) is 0 Å². The SMILES string of the molecule is CC1c2cc(C(=O)O)ccc2CCC1Cn1ccnc1.Cl. The minimum absolute atomic E-state index is 0. The molecule has 1 aliphatic carbocycles. The second-order valence-corrected chi connectivity index (χ2v) is 5.57. The molecule has 3 rings (SSSR count). The first kappa shape index (κ1) is 15.6. The predicted molar refractivity (Wildman–Crippen MR) is 83.1 cm³/mol. The molecule has 2 atom stereocenters. The predicted octanol–water partition coefficient (Wildman–Crippen LogP) is 3.37. The zero-order chi connectivity index (χ0) is 14.1. The molecule has 1 aliphatic rings. The highest BCUT2D eigenvalue weighted by molar-refractivity contribution is 5.88. The number of carboxylic acid groups (broad SMARTS) is 1. The highest BCUT2D eigenvalue weighted by atomic mass is 35.5. The summed E-state index contributed by atoms with van der Waals surface area (Å²) in [6, 6.07) is 5.54. The van der Waals surface area contributed by atoms with Gasteiger partial charge in [-0.15, -0.1) is 12.4 Å². The van der Waals surface area contributed by atoms with Crippen molar-refractivity contribution in [3.8, 4) is 0 Å². The quantitative estimate of drug-likeness (QED) is 0.946. The monoisotopic (exact) mass is 306 g/mol. The summed E-state index contributed by atoms with van der Waals surface area (Å²) in [6.45, 7) is 3.14. The van der Waals surface area contributed by atoms with E-state index >= 15 is 0 Å². The molecule has 2 aromatic rings. The van der Waals surface area contributed by atoms with Crippen LogP contribution in [0.1, 0.15) is 40.7 Å². The third kappa shape index (κ3) is 3.10. The Labute approximate surface area is 130 Å². The lowest BCUT2D eigenvalue weighted by atomic mass is 9.75. The van der Waals surface area contributed by atoms with Gasteiger partial charge < -0.3 is 9.67 Å². The van der Waals surface area contributed by atoms with Gasteiger partial charge in [0.1, 0.15) is 0 Å². The van der Waals surface area contributed by atoms with Gasteiger partial charge in [-0.05, 0) is 47.9 Å². The van der Waals surface area contributed by atoms with Gasteiger partial charge in [0.25, 0.3) is 0 Å². The van der Waals surface area contributed by atoms with E-state index in [0.29, 0.717) is 17.4 Å². The van der Waals surface area contributed by atoms with E-state index in [4.69, 9.17) is 5.11 Å². The van der Waals surface area contributed by atoms with Crippen molar-refractivity contribution >= 4 is 18.4 Å². The summed E-state index contributed by atoms with van der Waals surface area (Å²) >= 11 is 0. The number of rotatable bonds is 3. The summed E-state index contributed by atoms with van der Waals surface area (Å²) < 4.78 is 2.10. The minimum atomic E-state index is -0.850. The Morgan fingerprint density at radius 3 is 2.95 bits per heavy atom. The molecule has 1 heterocycles. The zero-order valence-corrected chi connectivity index (χ0v) is 12.7. The van der Waals surface area contributed by atoms with Gasteiger partial charge in [0, 0.05) is 18.9 Å². The van der Waals surface area contributed by atoms with Crippen molar-refractivity contribution in [1.82, 2.24) is 9.55 Å². The van der Waals surface area contributed by atoms with Gasteiger partial charge in [0.05, 0.1) is 11.9 Å². The topological polar surface area (TPSA) is 55.1 Å². The molecule has 0 saturated carbocycles. The van der Waals surface area contributed by atoms with E-state index in [2.05, 4.69) is 16.5 Å². The summed E-state index contributed by atoms with van der Waals surface area (Å²) in [5.74, 6) is 0.0536. The van der Waals surface area contributed by atoms with Crippen molar-refractivity contribution in [1.29, 1.82) is 0 Å². The van der Waals surface area contributed by atoms with Crippen LogP contribution in [-0.4, -0.2) is 20.6 Å². The number of fused-ring (bicyclic) bond motifs is 1. The molecular weight excluding hydrogens is 288 g/mol. The maximum absolute atomic E-state index is 11.1. The molecule has 0 bridgehead atoms. The van der Waals surface area contributed by atoms with Crippen LogP contribution < -0.4 is 0 Å². The summed E-state index contributed by atoms with van der Waals surface area (Å²) in [6.07, 6.45) is 7.79. The lowest BCUT2D eigenvalue weighted by Gasteiger charge is -2.31. The van der Waals surface area contributed by atoms with E-state index in [1.54, 1.807) is 12.3 Å². The van der Waals surface area contributed by atoms with Gasteiger partial charge in [0.15, 0.2) is 0 Å². The van der Waals surface area contributed by atoms with Crippen LogP contribution >= 0.6 is 12.4 Å². The van der Waals surface area contributed by atoms with Crippen molar-refractivity contribution in [2.45, 2.75) is 32.2 Å². The van der Waals surface area contributed by atoms with Crippen LogP contribution in [0.5, 0.6) is 0 Å². The first-order valence-corrected chi connectivity index (χ1v) is 6.97. The molecule has 112 valence electrons. The number of aryl methyl sites for hydroxylation is 1. The van der Waals surface area contributed by atoms with Crippen molar-refractivity contribution < 1.29 is 9.90 Å². The van der Waals surface area contributed by atoms with Gasteiger partial charge in [-0.1, -0.05) is 13.0 Å². The molecule has 1 aromatic carbocycles. The van der Waals surface area contributed by atoms with E-state index in [-0.39, 0.29) is 12.4 Å². The zero-order valence-electron chi connectivity index (χ0n) is 11.9. The molecule has 21 heavy (non-hydrogen) atoms. The van der Waals surface area contributed by atoms with Crippen LogP contribution in [0.15, 0.2) is 36.9 Å². The lowest BCUT2D eigenvalue weighted by molar-refractivity contribution is 0.0696. The van der Waals surface area contributed by atoms with Crippen LogP contribution in [0.25, 0.3) is 0 Å². The van der Waals surface area contributed by atoms with Gasteiger partial charge in [-0.2, -0.15) is 0 Å². The second kappa shape index (κ2) is 6.31. The minimum Gasteiger partial charge on any atom is -0.478 e. The van der Waals surface area contributed by atoms with Crippen LogP contribution in [0.2, 0.25) is 0 Å². The van der Waals surface area contributed by atoms with Gasteiger partial charge in [-0.25, -0.2) is 9.78 Å². The summed E-state index contributed by atoms with van der Waals surface area (Å²) in [7, 11) is 0. The second-order valence-electron chi connectivity index (χ2n) is 5.57. The number of hydrogen-bond donors (Lipinski definition) is 1. The Morgan fingerprint density at radius 1 is 1.48 bits per heavy atom. The third-order valence-corrected chi connectivity index (χ3v) is 4.38. The van der Waals surface area contributed by atoms with Crippen LogP contribution in [0.3, 0.4) is 0 Å². The summed E-state index contributed by atoms with van der Waals surface area (Å²) in [5.41, 5.74) is 2.88. The average molecular weight is 307 g/mol. The highest BCUT2D eigenvalue weighted by Gasteiger charge is 2.27. The average Bonchev–Trinajstić information content (AvgIpc) is 2.94. The van der Waals surface area contributed by atoms with E-state index in [0.717, 1.165) is 19.4 Å². The number of hydrogen-bond acceptors (Lipinski definition) is 2. The maximum atomic E-state index is 11.1. The lowest BCUT2D eigenvalue weighted by Crippen LogP contribution is -2.23. The van der Waals surface area contributed by atoms with Crippen molar-refractivity contribution in [2.75, 3.05) is 0 Å². The molecule has 1 N–H and O–H groups in total. The Balaban J connectivity index is 0.00000161. The number of aromatic carboxylic acids is 1. The fourth-order valence-corrected chi connectivity index (χ4v) is 3.14. The molecule has 5 heteroatoms. The van der Waals surface area contributed by atoms with Crippen molar-refractivity contribution in [3.05, 3.63) is 53.6 Å². The van der Waals surface area contributed by atoms with Gasteiger partial charge in [-0.3, -0.25) is 0 Å². The normalized spacial score (nSPS) is 20.4. The first-order chi connectivity index (χ1) is 9.65.